The van der Waals surface area contributed by atoms with Crippen molar-refractivity contribution in [3.8, 4) is 83.4 Å². The molecule has 0 bridgehead atoms. The summed E-state index contributed by atoms with van der Waals surface area (Å²) in [5, 5.41) is -0.139. The number of hydrogen-bond donors (Lipinski definition) is 1. The van der Waals surface area contributed by atoms with Crippen LogP contribution in [0.4, 0.5) is 0 Å². The van der Waals surface area contributed by atoms with Crippen molar-refractivity contribution in [1.82, 2.24) is 0 Å². The van der Waals surface area contributed by atoms with Crippen LogP contribution < -0.4 is 68.9 Å². The van der Waals surface area contributed by atoms with Gasteiger partial charge >= 0.3 is 71.1 Å². The Balaban J connectivity index is -0.0000000562. The summed E-state index contributed by atoms with van der Waals surface area (Å²) in [5.41, 5.74) is 0. The Kier molecular flexibility index (Phi) is 40.4. The van der Waals surface area contributed by atoms with Gasteiger partial charge in [-0.25, -0.2) is 4.79 Å². The molecule has 0 amide bonds. The molecule has 0 rings (SSSR count). The molecule has 0 saturated carbocycles. The first-order valence-corrected chi connectivity index (χ1v) is 15.1. The first-order chi connectivity index (χ1) is 20.5. The van der Waals surface area contributed by atoms with E-state index in [1.54, 1.807) is 0 Å². The first kappa shape index (κ1) is 49.9. The van der Waals surface area contributed by atoms with E-state index >= 15 is 0 Å². The Morgan fingerprint density at radius 1 is 0.778 bits per heavy atom. The van der Waals surface area contributed by atoms with Gasteiger partial charge in [0.25, 0.3) is 0 Å². The van der Waals surface area contributed by atoms with Gasteiger partial charge in [-0.15, -0.1) is 19.1 Å². The maximum atomic E-state index is 12.1. The quantitative estimate of drug-likeness (QED) is 0.0431. The number of terminal acetylenes is 1. The van der Waals surface area contributed by atoms with Crippen molar-refractivity contribution in [3.63, 3.8) is 0 Å². The van der Waals surface area contributed by atoms with E-state index in [-0.39, 0.29) is 89.2 Å². The van der Waals surface area contributed by atoms with Crippen molar-refractivity contribution in [2.75, 3.05) is 13.2 Å². The maximum absolute atomic E-state index is 12.1. The average Bonchev–Trinajstić information content (AvgIpc) is 2.93. The minimum atomic E-state index is -5.32. The van der Waals surface area contributed by atoms with E-state index in [4.69, 9.17) is 15.9 Å². The molecule has 0 heterocycles. The number of unbranched alkanes of at least 4 members (excludes halogenated alkanes) is 8. The van der Waals surface area contributed by atoms with Crippen LogP contribution in [0.15, 0.2) is 0 Å². The van der Waals surface area contributed by atoms with Crippen LogP contribution in [-0.4, -0.2) is 36.4 Å². The minimum Gasteiger partial charge on any atom is -0.790 e. The largest absolute Gasteiger partial charge is 1.00 e. The van der Waals surface area contributed by atoms with Crippen LogP contribution in [0.25, 0.3) is 0 Å². The number of phosphoric ester groups is 1. The molecule has 13 heteroatoms. The average molecular weight is 697 g/mol. The van der Waals surface area contributed by atoms with Gasteiger partial charge in [0.15, 0.2) is 11.2 Å². The molecule has 0 aliphatic carbocycles. The van der Waals surface area contributed by atoms with Crippen LogP contribution >= 0.6 is 20.5 Å². The predicted molar refractivity (Wildman–Crippen MR) is 189 cm³/mol. The molecular weight excluding hydrogens is 637 g/mol. The Morgan fingerprint density at radius 3 is 1.64 bits per heavy atom. The summed E-state index contributed by atoms with van der Waals surface area (Å²) in [6, 6.07) is 0. The van der Waals surface area contributed by atoms with Gasteiger partial charge in [-0.1, -0.05) is 58.3 Å². The predicted octanol–water partition coefficient (Wildman–Crippen LogP) is -0.470. The fraction of sp³-hybridized carbons (Fsp3) is 0.469. The second kappa shape index (κ2) is 36.5. The van der Waals surface area contributed by atoms with Crippen LogP contribution in [0.5, 0.6) is 0 Å². The van der Waals surface area contributed by atoms with Crippen molar-refractivity contribution < 1.29 is 120 Å². The zero-order chi connectivity index (χ0) is 32.6. The fourth-order valence-corrected chi connectivity index (χ4v) is 3.07. The van der Waals surface area contributed by atoms with Gasteiger partial charge in [0, 0.05) is 37.8 Å². The Hall–Kier alpha value is -2.01. The topological polar surface area (TPSA) is 142 Å². The van der Waals surface area contributed by atoms with E-state index < -0.39 is 39.1 Å². The Labute approximate surface area is 336 Å². The molecule has 254 valence electrons. The van der Waals surface area contributed by atoms with E-state index in [2.05, 4.69) is 101 Å². The van der Waals surface area contributed by atoms with Crippen molar-refractivity contribution >= 4 is 37.5 Å². The number of esters is 2. The molecular formula is C32H59Na2O9PS. The number of rotatable bonds is 16. The molecule has 0 saturated heterocycles. The minimum absolute atomic E-state index is 0. The first-order valence-electron chi connectivity index (χ1n) is 13.2. The molecule has 0 aliphatic rings. The summed E-state index contributed by atoms with van der Waals surface area (Å²) in [7, 11) is -5.32. The summed E-state index contributed by atoms with van der Waals surface area (Å²) in [4.78, 5) is 54.7. The number of thiol groups is 1. The molecule has 0 fully saturated rings. The summed E-state index contributed by atoms with van der Waals surface area (Å²) in [6.45, 7) is 2.21. The van der Waals surface area contributed by atoms with Crippen LogP contribution in [0.3, 0.4) is 0 Å². The van der Waals surface area contributed by atoms with Gasteiger partial charge in [0.05, 0.1) is 14.4 Å². The monoisotopic (exact) mass is 696 g/mol. The Bertz CT molecular complexity index is 1400. The second-order valence-electron chi connectivity index (χ2n) is 8.20. The van der Waals surface area contributed by atoms with Gasteiger partial charge in [0.2, 0.25) is 0 Å². The number of ether oxygens (including phenoxy) is 2. The van der Waals surface area contributed by atoms with Crippen LogP contribution in [0.2, 0.25) is 0 Å². The van der Waals surface area contributed by atoms with E-state index in [0.717, 1.165) is 25.7 Å². The number of hydrogen-bond acceptors (Lipinski definition) is 9. The number of phosphoric acid groups is 1. The SMILES string of the molecule is C#CC#CC#CC#CC#CC#CC#CC(=O)OC[C@H](COP(=O)([O-])[O-])OC(=O)CCCCCCCCCCC.CC(=O)S.[HH].[HH].[HH].[HH].[HH].[HH].[HH].[HH].[HH].[HH].[HH].[HH].[HH].[Na+].[Na+]. The molecule has 0 N–H and O–H groups in total. The van der Waals surface area contributed by atoms with E-state index in [1.807, 2.05) is 0 Å². The number of carbonyl (C=O) groups is 3. The summed E-state index contributed by atoms with van der Waals surface area (Å²) < 4.78 is 24.9. The molecule has 0 aromatic heterocycles. The Morgan fingerprint density at radius 2 is 1.20 bits per heavy atom. The molecule has 0 aromatic rings. The van der Waals surface area contributed by atoms with E-state index in [9.17, 15) is 28.7 Å². The molecule has 45 heavy (non-hydrogen) atoms. The zero-order valence-electron chi connectivity index (χ0n) is 26.2. The van der Waals surface area contributed by atoms with Gasteiger partial charge in [-0.3, -0.25) is 9.59 Å². The van der Waals surface area contributed by atoms with Crippen LogP contribution in [-0.2, 0) is 32.9 Å². The third-order valence-corrected chi connectivity index (χ3v) is 4.93. The zero-order valence-corrected chi connectivity index (χ0v) is 32.0. The summed E-state index contributed by atoms with van der Waals surface area (Å²) in [5.74, 6) is 28.3. The molecule has 9 nitrogen and oxygen atoms in total. The van der Waals surface area contributed by atoms with Gasteiger partial charge in [-0.05, 0) is 77.5 Å². The second-order valence-corrected chi connectivity index (χ2v) is 9.98. The maximum Gasteiger partial charge on any atom is 1.00 e. The van der Waals surface area contributed by atoms with Crippen molar-refractivity contribution in [2.45, 2.75) is 84.2 Å². The molecule has 0 aromatic carbocycles. The van der Waals surface area contributed by atoms with Crippen molar-refractivity contribution in [1.29, 1.82) is 0 Å². The van der Waals surface area contributed by atoms with Crippen molar-refractivity contribution in [2.24, 2.45) is 0 Å². The van der Waals surface area contributed by atoms with Crippen LogP contribution in [0.1, 0.15) is 96.6 Å². The summed E-state index contributed by atoms with van der Waals surface area (Å²) in [6.07, 6.45) is 13.3. The molecule has 0 aliphatic heterocycles. The summed E-state index contributed by atoms with van der Waals surface area (Å²) >= 11 is 3.33. The van der Waals surface area contributed by atoms with Crippen LogP contribution in [0, 0.1) is 83.4 Å². The van der Waals surface area contributed by atoms with E-state index in [1.165, 1.54) is 32.6 Å². The van der Waals surface area contributed by atoms with Gasteiger partial charge in [0.1, 0.15) is 6.61 Å². The molecule has 1 atom stereocenters. The third-order valence-electron chi connectivity index (χ3n) is 4.46. The molecule has 0 radical (unpaired) electrons. The molecule has 0 unspecified atom stereocenters. The van der Waals surface area contributed by atoms with E-state index in [0.29, 0.717) is 6.42 Å². The molecule has 0 spiro atoms. The number of carbonyl (C=O) groups excluding carboxylic acids is 3. The third kappa shape index (κ3) is 46.5. The fourth-order valence-electron chi connectivity index (χ4n) is 2.72. The van der Waals surface area contributed by atoms with Crippen molar-refractivity contribution in [3.05, 3.63) is 0 Å². The smallest absolute Gasteiger partial charge is 0.790 e. The normalized spacial score (nSPS) is 8.98. The van der Waals surface area contributed by atoms with Gasteiger partial charge in [-0.2, -0.15) is 0 Å². The standard InChI is InChI=1S/C30H31O8P.C2H4OS.2Na.13H2/c1-3-5-7-9-11-13-14-15-17-18-20-22-24-29(31)36-26-28(27-37-39(33,34)35)38-30(32)25-23-21-19-16-12-10-8-6-4-2;1-2(3)4;;;;;;;;;;;;;;;/h1,28H,4,6,8,10,12,16,19,21,23,25-27H2,2H3,(H2,33,34,35);1H3,(H,3,4);;;13*1H/q;;2*+1;;;;;;;;;;;;;/p-2/t28-;;;;;;;;;;;;;;;;/m1................/s1. The van der Waals surface area contributed by atoms with Gasteiger partial charge < -0.3 is 28.3 Å².